The van der Waals surface area contributed by atoms with E-state index in [1.807, 2.05) is 0 Å². The van der Waals surface area contributed by atoms with E-state index < -0.39 is 15.7 Å². The summed E-state index contributed by atoms with van der Waals surface area (Å²) >= 11 is 5.69. The van der Waals surface area contributed by atoms with Gasteiger partial charge in [0, 0.05) is 19.2 Å². The van der Waals surface area contributed by atoms with E-state index in [1.54, 1.807) is 10.8 Å². The minimum Gasteiger partial charge on any atom is -0.376 e. The molecule has 34 heavy (non-hydrogen) atoms. The molecule has 1 aromatic heterocycles. The smallest absolute Gasteiger partial charge is 0.228 e. The van der Waals surface area contributed by atoms with Crippen molar-refractivity contribution < 1.29 is 17.5 Å². The second kappa shape index (κ2) is 10.7. The topological polar surface area (TPSA) is 76.5 Å². The lowest BCUT2D eigenvalue weighted by Gasteiger charge is -2.28. The lowest BCUT2D eigenvalue weighted by molar-refractivity contribution is 0.0936. The summed E-state index contributed by atoms with van der Waals surface area (Å²) in [6.45, 7) is 6.58. The van der Waals surface area contributed by atoms with E-state index in [1.165, 1.54) is 24.3 Å². The molecule has 0 spiro atoms. The molecular weight excluding hydrogens is 475 g/mol. The Morgan fingerprint density at radius 1 is 1.29 bits per heavy atom. The Bertz CT molecular complexity index is 1090. The zero-order valence-electron chi connectivity index (χ0n) is 19.7. The molecule has 2 fully saturated rings. The summed E-state index contributed by atoms with van der Waals surface area (Å²) in [4.78, 5) is 6.46. The number of nitrogens with zero attached hydrogens (tertiary/aromatic N) is 3. The minimum absolute atomic E-state index is 0.0212. The minimum atomic E-state index is -3.76. The van der Waals surface area contributed by atoms with Gasteiger partial charge in [-0.1, -0.05) is 26.0 Å². The van der Waals surface area contributed by atoms with Crippen LogP contribution in [0.5, 0.6) is 0 Å². The van der Waals surface area contributed by atoms with Gasteiger partial charge in [-0.05, 0) is 61.5 Å². The summed E-state index contributed by atoms with van der Waals surface area (Å²) in [6.07, 6.45) is 5.67. The molecule has 2 heterocycles. The molecule has 0 bridgehead atoms. The van der Waals surface area contributed by atoms with Crippen molar-refractivity contribution in [3.05, 3.63) is 47.5 Å². The third-order valence-corrected chi connectivity index (χ3v) is 7.96. The van der Waals surface area contributed by atoms with E-state index >= 15 is 0 Å². The van der Waals surface area contributed by atoms with Crippen molar-refractivity contribution in [3.8, 4) is 0 Å². The average molecular weight is 509 g/mol. The summed E-state index contributed by atoms with van der Waals surface area (Å²) in [5, 5.41) is 4.11. The zero-order chi connectivity index (χ0) is 24.3. The molecule has 186 valence electrons. The molecule has 1 aliphatic carbocycles. The Kier molecular flexibility index (Phi) is 7.89. The van der Waals surface area contributed by atoms with E-state index in [0.29, 0.717) is 42.3 Å². The lowest BCUT2D eigenvalue weighted by atomic mass is 10.2. The predicted octanol–water partition coefficient (Wildman–Crippen LogP) is 3.67. The largest absolute Gasteiger partial charge is 0.376 e. The number of sulfone groups is 1. The van der Waals surface area contributed by atoms with Crippen LogP contribution in [0.15, 0.2) is 35.6 Å². The van der Waals surface area contributed by atoms with Gasteiger partial charge in [0.05, 0.1) is 36.8 Å². The van der Waals surface area contributed by atoms with Crippen LogP contribution in [0.1, 0.15) is 50.8 Å². The number of hydrogen-bond donors (Lipinski definition) is 1. The van der Waals surface area contributed by atoms with Crippen molar-refractivity contribution in [2.24, 2.45) is 5.92 Å². The molecule has 2 aromatic rings. The molecule has 2 aliphatic rings. The third kappa shape index (κ3) is 6.55. The van der Waals surface area contributed by atoms with E-state index in [0.717, 1.165) is 37.9 Å². The number of imidazole rings is 1. The van der Waals surface area contributed by atoms with Gasteiger partial charge in [0.1, 0.15) is 5.82 Å². The van der Waals surface area contributed by atoms with Gasteiger partial charge in [-0.25, -0.2) is 17.8 Å². The Morgan fingerprint density at radius 3 is 2.65 bits per heavy atom. The van der Waals surface area contributed by atoms with Crippen molar-refractivity contribution in [2.45, 2.75) is 75.7 Å². The maximum Gasteiger partial charge on any atom is 0.228 e. The fourth-order valence-electron chi connectivity index (χ4n) is 4.17. The number of aromatic nitrogens is 2. The molecule has 1 aliphatic heterocycles. The summed E-state index contributed by atoms with van der Waals surface area (Å²) in [6, 6.07) is 5.96. The Balaban J connectivity index is 1.62. The van der Waals surface area contributed by atoms with Crippen LogP contribution >= 0.6 is 12.2 Å². The summed E-state index contributed by atoms with van der Waals surface area (Å²) in [5.74, 6) is -0.258. The van der Waals surface area contributed by atoms with Crippen LogP contribution in [0.4, 0.5) is 4.39 Å². The molecule has 10 heteroatoms. The number of hydrogen-bond acceptors (Lipinski definition) is 5. The normalized spacial score (nSPS) is 18.4. The molecule has 0 unspecified atom stereocenters. The van der Waals surface area contributed by atoms with Gasteiger partial charge in [-0.2, -0.15) is 0 Å². The molecule has 0 amide bonds. The van der Waals surface area contributed by atoms with E-state index in [2.05, 4.69) is 29.0 Å². The first-order valence-corrected chi connectivity index (χ1v) is 14.0. The first-order chi connectivity index (χ1) is 16.2. The van der Waals surface area contributed by atoms with Crippen molar-refractivity contribution in [2.75, 3.05) is 13.2 Å². The second-order valence-electron chi connectivity index (χ2n) is 9.66. The fourth-order valence-corrected chi connectivity index (χ4v) is 5.97. The summed E-state index contributed by atoms with van der Waals surface area (Å²) in [7, 11) is -3.76. The monoisotopic (exact) mass is 508 g/mol. The van der Waals surface area contributed by atoms with Crippen LogP contribution in [0.2, 0.25) is 0 Å². The number of benzene rings is 1. The highest BCUT2D eigenvalue weighted by molar-refractivity contribution is 7.90. The highest BCUT2D eigenvalue weighted by Crippen LogP contribution is 2.24. The maximum atomic E-state index is 13.4. The number of halogens is 1. The van der Waals surface area contributed by atoms with Gasteiger partial charge >= 0.3 is 0 Å². The van der Waals surface area contributed by atoms with Gasteiger partial charge < -0.3 is 19.5 Å². The zero-order valence-corrected chi connectivity index (χ0v) is 21.4. The van der Waals surface area contributed by atoms with Gasteiger partial charge in [0.2, 0.25) is 15.0 Å². The highest BCUT2D eigenvalue weighted by Gasteiger charge is 2.29. The van der Waals surface area contributed by atoms with Gasteiger partial charge in [0.15, 0.2) is 5.11 Å². The first-order valence-electron chi connectivity index (χ1n) is 11.9. The van der Waals surface area contributed by atoms with Crippen molar-refractivity contribution >= 4 is 27.2 Å². The Morgan fingerprint density at radius 2 is 2.03 bits per heavy atom. The Labute approximate surface area is 206 Å². The molecular formula is C24H33FN4O3S2. The van der Waals surface area contributed by atoms with Gasteiger partial charge in [-0.3, -0.25) is 0 Å². The number of thiocarbonyl (C=S) groups is 1. The molecule has 1 saturated carbocycles. The number of nitrogens with one attached hydrogen (secondary N) is 1. The predicted molar refractivity (Wildman–Crippen MR) is 132 cm³/mol. The van der Waals surface area contributed by atoms with Gasteiger partial charge in [0.25, 0.3) is 0 Å². The number of ether oxygens (including phenoxy) is 1. The van der Waals surface area contributed by atoms with Crippen LogP contribution in [0, 0.1) is 11.7 Å². The molecule has 1 N–H and O–H groups in total. The van der Waals surface area contributed by atoms with Gasteiger partial charge in [-0.15, -0.1) is 0 Å². The van der Waals surface area contributed by atoms with Crippen LogP contribution < -0.4 is 5.32 Å². The SMILES string of the molecule is CC(C)CN(Cc1cnc(S(=O)(=O)Cc2ccc(F)cc2)n1C[C@H]1CCCO1)C(=S)NC1CC1. The maximum absolute atomic E-state index is 13.4. The summed E-state index contributed by atoms with van der Waals surface area (Å²) in [5.41, 5.74) is 1.31. The van der Waals surface area contributed by atoms with Crippen LogP contribution in [-0.4, -0.2) is 53.3 Å². The fraction of sp³-hybridized carbons (Fsp3) is 0.583. The van der Waals surface area contributed by atoms with E-state index in [9.17, 15) is 12.8 Å². The van der Waals surface area contributed by atoms with Crippen LogP contribution in [0.3, 0.4) is 0 Å². The van der Waals surface area contributed by atoms with Crippen molar-refractivity contribution in [3.63, 3.8) is 0 Å². The molecule has 1 atom stereocenters. The Hall–Kier alpha value is -2.04. The van der Waals surface area contributed by atoms with E-state index in [4.69, 9.17) is 17.0 Å². The molecule has 7 nitrogen and oxygen atoms in total. The summed E-state index contributed by atoms with van der Waals surface area (Å²) < 4.78 is 47.7. The average Bonchev–Trinajstić information content (AvgIpc) is 3.26. The van der Waals surface area contributed by atoms with E-state index in [-0.39, 0.29) is 17.0 Å². The standard InChI is InChI=1S/C24H33FN4O3S2/c1-17(2)13-28(23(33)27-20-9-10-20)14-21-12-26-24(29(21)15-22-4-3-11-32-22)34(30,31)16-18-5-7-19(25)8-6-18/h5-8,12,17,20,22H,3-4,9-11,13-16H2,1-2H3,(H,27,33)/t22-/m1/s1. The molecule has 1 aromatic carbocycles. The third-order valence-electron chi connectivity index (χ3n) is 5.99. The first kappa shape index (κ1) is 25.1. The lowest BCUT2D eigenvalue weighted by Crippen LogP contribution is -2.42. The van der Waals surface area contributed by atoms with Crippen molar-refractivity contribution in [1.29, 1.82) is 0 Å². The molecule has 0 radical (unpaired) electrons. The second-order valence-corrected chi connectivity index (χ2v) is 11.9. The quantitative estimate of drug-likeness (QED) is 0.491. The van der Waals surface area contributed by atoms with Crippen molar-refractivity contribution in [1.82, 2.24) is 19.8 Å². The van der Waals surface area contributed by atoms with Crippen LogP contribution in [-0.2, 0) is 33.4 Å². The molecule has 4 rings (SSSR count). The molecule has 1 saturated heterocycles. The number of rotatable bonds is 10. The highest BCUT2D eigenvalue weighted by atomic mass is 32.2. The van der Waals surface area contributed by atoms with Crippen LogP contribution in [0.25, 0.3) is 0 Å².